The molecule has 0 atom stereocenters. The number of nitrogens with one attached hydrogen (secondary N) is 2. The van der Waals surface area contributed by atoms with Gasteiger partial charge in [-0.3, -0.25) is 14.4 Å². The van der Waals surface area contributed by atoms with Crippen LogP contribution in [0.2, 0.25) is 0 Å². The summed E-state index contributed by atoms with van der Waals surface area (Å²) in [5.41, 5.74) is 0.412. The molecule has 0 saturated carbocycles. The SMILES string of the molecule is CCOC(=O)CNC(=O)CCCCCNC(=O)c1ccc(F)cc1. The van der Waals surface area contributed by atoms with Crippen LogP contribution < -0.4 is 10.6 Å². The van der Waals surface area contributed by atoms with Crippen molar-refractivity contribution in [1.29, 1.82) is 0 Å². The number of carbonyl (C=O) groups excluding carboxylic acids is 3. The lowest BCUT2D eigenvalue weighted by molar-refractivity contribution is -0.143. The summed E-state index contributed by atoms with van der Waals surface area (Å²) < 4.78 is 17.5. The molecule has 0 radical (unpaired) electrons. The molecule has 0 aliphatic rings. The van der Waals surface area contributed by atoms with Gasteiger partial charge in [-0.25, -0.2) is 4.39 Å². The molecule has 2 N–H and O–H groups in total. The number of rotatable bonds is 10. The summed E-state index contributed by atoms with van der Waals surface area (Å²) in [6, 6.07) is 5.34. The van der Waals surface area contributed by atoms with Gasteiger partial charge in [0, 0.05) is 18.5 Å². The lowest BCUT2D eigenvalue weighted by atomic mass is 10.1. The Morgan fingerprint density at radius 2 is 1.75 bits per heavy atom. The molecule has 0 spiro atoms. The van der Waals surface area contributed by atoms with E-state index in [2.05, 4.69) is 10.6 Å². The molecule has 0 aliphatic carbocycles. The Morgan fingerprint density at radius 3 is 2.42 bits per heavy atom. The summed E-state index contributed by atoms with van der Waals surface area (Å²) in [5.74, 6) is -1.28. The molecule has 7 heteroatoms. The second-order valence-electron chi connectivity index (χ2n) is 5.16. The van der Waals surface area contributed by atoms with Crippen LogP contribution in [0.4, 0.5) is 4.39 Å². The van der Waals surface area contributed by atoms with E-state index in [4.69, 9.17) is 4.74 Å². The molecule has 1 aromatic carbocycles. The van der Waals surface area contributed by atoms with Crippen LogP contribution in [0.1, 0.15) is 43.0 Å². The van der Waals surface area contributed by atoms with Gasteiger partial charge < -0.3 is 15.4 Å². The highest BCUT2D eigenvalue weighted by molar-refractivity contribution is 5.94. The Hall–Kier alpha value is -2.44. The highest BCUT2D eigenvalue weighted by Gasteiger charge is 2.06. The number of esters is 1. The highest BCUT2D eigenvalue weighted by Crippen LogP contribution is 2.03. The first-order chi connectivity index (χ1) is 11.5. The molecule has 0 unspecified atom stereocenters. The number of benzene rings is 1. The van der Waals surface area contributed by atoms with Crippen molar-refractivity contribution in [3.8, 4) is 0 Å². The average molecular weight is 338 g/mol. The predicted molar refractivity (Wildman–Crippen MR) is 86.8 cm³/mol. The zero-order valence-corrected chi connectivity index (χ0v) is 13.8. The van der Waals surface area contributed by atoms with E-state index < -0.39 is 5.97 Å². The van der Waals surface area contributed by atoms with Crippen molar-refractivity contribution in [1.82, 2.24) is 10.6 Å². The fourth-order valence-corrected chi connectivity index (χ4v) is 1.96. The van der Waals surface area contributed by atoms with Crippen LogP contribution in [0.3, 0.4) is 0 Å². The average Bonchev–Trinajstić information content (AvgIpc) is 2.56. The standard InChI is InChI=1S/C17H23FN2O4/c1-2-24-16(22)12-20-15(21)6-4-3-5-11-19-17(23)13-7-9-14(18)10-8-13/h7-10H,2-6,11-12H2,1H3,(H,19,23)(H,20,21). The number of amides is 2. The Morgan fingerprint density at radius 1 is 1.04 bits per heavy atom. The van der Waals surface area contributed by atoms with Crippen molar-refractivity contribution in [2.75, 3.05) is 19.7 Å². The normalized spacial score (nSPS) is 10.1. The van der Waals surface area contributed by atoms with Crippen molar-refractivity contribution >= 4 is 17.8 Å². The lowest BCUT2D eigenvalue weighted by Gasteiger charge is -2.06. The highest BCUT2D eigenvalue weighted by atomic mass is 19.1. The number of ether oxygens (including phenoxy) is 1. The van der Waals surface area contributed by atoms with E-state index >= 15 is 0 Å². The van der Waals surface area contributed by atoms with Crippen LogP contribution in [-0.2, 0) is 14.3 Å². The molecule has 1 aromatic rings. The van der Waals surface area contributed by atoms with E-state index in [0.29, 0.717) is 31.6 Å². The third-order valence-corrected chi connectivity index (χ3v) is 3.21. The maximum Gasteiger partial charge on any atom is 0.325 e. The smallest absolute Gasteiger partial charge is 0.325 e. The van der Waals surface area contributed by atoms with E-state index in [-0.39, 0.29) is 24.2 Å². The van der Waals surface area contributed by atoms with Gasteiger partial charge in [0.1, 0.15) is 12.4 Å². The minimum absolute atomic E-state index is 0.111. The second-order valence-corrected chi connectivity index (χ2v) is 5.16. The molecule has 24 heavy (non-hydrogen) atoms. The minimum Gasteiger partial charge on any atom is -0.465 e. The van der Waals surface area contributed by atoms with Gasteiger partial charge in [-0.1, -0.05) is 6.42 Å². The van der Waals surface area contributed by atoms with Gasteiger partial charge in [-0.15, -0.1) is 0 Å². The zero-order chi connectivity index (χ0) is 17.8. The van der Waals surface area contributed by atoms with Crippen molar-refractivity contribution in [3.05, 3.63) is 35.6 Å². The fourth-order valence-electron chi connectivity index (χ4n) is 1.96. The summed E-state index contributed by atoms with van der Waals surface area (Å²) in [7, 11) is 0. The maximum absolute atomic E-state index is 12.8. The van der Waals surface area contributed by atoms with Gasteiger partial charge in [0.15, 0.2) is 0 Å². The fraction of sp³-hybridized carbons (Fsp3) is 0.471. The molecule has 0 heterocycles. The number of halogens is 1. The minimum atomic E-state index is -0.450. The molecular formula is C17H23FN2O4. The summed E-state index contributed by atoms with van der Waals surface area (Å²) in [6.07, 6.45) is 2.50. The number of hydrogen-bond donors (Lipinski definition) is 2. The van der Waals surface area contributed by atoms with Gasteiger partial charge in [0.05, 0.1) is 6.61 Å². The van der Waals surface area contributed by atoms with Crippen molar-refractivity contribution in [2.24, 2.45) is 0 Å². The molecule has 6 nitrogen and oxygen atoms in total. The topological polar surface area (TPSA) is 84.5 Å². The number of unbranched alkanes of at least 4 members (excludes halogenated alkanes) is 2. The summed E-state index contributed by atoms with van der Waals surface area (Å²) in [4.78, 5) is 34.3. The summed E-state index contributed by atoms with van der Waals surface area (Å²) >= 11 is 0. The quantitative estimate of drug-likeness (QED) is 0.503. The first-order valence-electron chi connectivity index (χ1n) is 7.99. The predicted octanol–water partition coefficient (Wildman–Crippen LogP) is 1.80. The number of carbonyl (C=O) groups is 3. The lowest BCUT2D eigenvalue weighted by Crippen LogP contribution is -2.30. The van der Waals surface area contributed by atoms with Crippen molar-refractivity contribution in [2.45, 2.75) is 32.6 Å². The van der Waals surface area contributed by atoms with Crippen LogP contribution in [0.15, 0.2) is 24.3 Å². The van der Waals surface area contributed by atoms with Gasteiger partial charge in [0.2, 0.25) is 5.91 Å². The molecule has 1 rings (SSSR count). The maximum atomic E-state index is 12.8. The monoisotopic (exact) mass is 338 g/mol. The summed E-state index contributed by atoms with van der Waals surface area (Å²) in [6.45, 7) is 2.37. The van der Waals surface area contributed by atoms with E-state index in [1.165, 1.54) is 24.3 Å². The Kier molecular flexibility index (Phi) is 9.11. The van der Waals surface area contributed by atoms with E-state index in [9.17, 15) is 18.8 Å². The van der Waals surface area contributed by atoms with Gasteiger partial charge in [0.25, 0.3) is 5.91 Å². The molecule has 0 saturated heterocycles. The third-order valence-electron chi connectivity index (χ3n) is 3.21. The molecule has 132 valence electrons. The molecule has 0 bridgehead atoms. The Balaban J connectivity index is 2.05. The molecule has 2 amide bonds. The molecule has 0 aromatic heterocycles. The van der Waals surface area contributed by atoms with E-state index in [1.807, 2.05) is 0 Å². The molecule has 0 fully saturated rings. The Bertz CT molecular complexity index is 546. The third kappa shape index (κ3) is 8.26. The largest absolute Gasteiger partial charge is 0.465 e. The van der Waals surface area contributed by atoms with Crippen LogP contribution in [0.25, 0.3) is 0 Å². The van der Waals surface area contributed by atoms with Crippen molar-refractivity contribution in [3.63, 3.8) is 0 Å². The first kappa shape index (κ1) is 19.6. The van der Waals surface area contributed by atoms with Crippen LogP contribution in [0, 0.1) is 5.82 Å². The van der Waals surface area contributed by atoms with Gasteiger partial charge in [-0.2, -0.15) is 0 Å². The van der Waals surface area contributed by atoms with Crippen LogP contribution in [0.5, 0.6) is 0 Å². The Labute approximate surface area is 140 Å². The van der Waals surface area contributed by atoms with Gasteiger partial charge in [-0.05, 0) is 44.0 Å². The van der Waals surface area contributed by atoms with Crippen molar-refractivity contribution < 1.29 is 23.5 Å². The molecular weight excluding hydrogens is 315 g/mol. The summed E-state index contributed by atoms with van der Waals surface area (Å²) in [5, 5.41) is 5.23. The zero-order valence-electron chi connectivity index (χ0n) is 13.8. The van der Waals surface area contributed by atoms with E-state index in [0.717, 1.165) is 12.8 Å². The van der Waals surface area contributed by atoms with Crippen LogP contribution in [-0.4, -0.2) is 37.5 Å². The van der Waals surface area contributed by atoms with E-state index in [1.54, 1.807) is 6.92 Å². The first-order valence-corrected chi connectivity index (χ1v) is 7.99. The number of hydrogen-bond acceptors (Lipinski definition) is 4. The molecule has 0 aliphatic heterocycles. The second kappa shape index (κ2) is 11.2. The van der Waals surface area contributed by atoms with Gasteiger partial charge >= 0.3 is 5.97 Å². The van der Waals surface area contributed by atoms with Crippen LogP contribution >= 0.6 is 0 Å².